The zero-order chi connectivity index (χ0) is 27.9. The van der Waals surface area contributed by atoms with Gasteiger partial charge in [0.05, 0.1) is 12.0 Å². The van der Waals surface area contributed by atoms with Gasteiger partial charge in [0, 0.05) is 38.4 Å². The van der Waals surface area contributed by atoms with E-state index >= 15 is 0 Å². The number of hydrogen-bond donors (Lipinski definition) is 4. The van der Waals surface area contributed by atoms with E-state index in [-0.39, 0.29) is 34.7 Å². The van der Waals surface area contributed by atoms with Gasteiger partial charge in [-0.25, -0.2) is 31.2 Å². The van der Waals surface area contributed by atoms with Crippen LogP contribution in [0.2, 0.25) is 0 Å². The van der Waals surface area contributed by atoms with Gasteiger partial charge in [-0.05, 0) is 30.2 Å². The van der Waals surface area contributed by atoms with E-state index < -0.39 is 37.6 Å². The van der Waals surface area contributed by atoms with Crippen LogP contribution < -0.4 is 10.0 Å². The van der Waals surface area contributed by atoms with Gasteiger partial charge in [0.2, 0.25) is 0 Å². The number of hydrogen-bond acceptors (Lipinski definition) is 13. The summed E-state index contributed by atoms with van der Waals surface area (Å²) in [5, 5.41) is 20.2. The summed E-state index contributed by atoms with van der Waals surface area (Å²) in [6.07, 6.45) is -0.799. The maximum Gasteiger partial charge on any atom is 0.421 e. The van der Waals surface area contributed by atoms with Crippen molar-refractivity contribution in [2.24, 2.45) is 0 Å². The Morgan fingerprint density at radius 1 is 1.24 bits per heavy atom. The summed E-state index contributed by atoms with van der Waals surface area (Å²) in [6, 6.07) is 7.29. The van der Waals surface area contributed by atoms with E-state index in [1.165, 1.54) is 17.5 Å². The molecule has 17 heteroatoms. The maximum absolute atomic E-state index is 13.2. The van der Waals surface area contributed by atoms with Crippen molar-refractivity contribution >= 4 is 37.5 Å². The van der Waals surface area contributed by atoms with Crippen molar-refractivity contribution in [1.82, 2.24) is 19.7 Å². The minimum absolute atomic E-state index is 0.100. The van der Waals surface area contributed by atoms with Gasteiger partial charge >= 0.3 is 6.09 Å². The average molecular weight is 595 g/mol. The molecule has 3 rings (SSSR count). The van der Waals surface area contributed by atoms with E-state index in [0.29, 0.717) is 47.6 Å². The molecular weight excluding hydrogens is 564 g/mol. The van der Waals surface area contributed by atoms with Crippen molar-refractivity contribution in [3.8, 4) is 0 Å². The Bertz CT molecular complexity index is 1310. The SMILES string of the molecule is CCN[C@H]1CN(CCCOC)S(=O)(=O)c2sc(S(=O)(=O)NC(=O)OCc3ccccc3CON(O)O)cc21. The summed E-state index contributed by atoms with van der Waals surface area (Å²) >= 11 is 0.562. The molecule has 0 unspecified atom stereocenters. The lowest BCUT2D eigenvalue weighted by Gasteiger charge is -2.32. The highest BCUT2D eigenvalue weighted by Gasteiger charge is 2.40. The van der Waals surface area contributed by atoms with Gasteiger partial charge in [0.1, 0.15) is 15.0 Å². The van der Waals surface area contributed by atoms with Crippen LogP contribution in [0.4, 0.5) is 4.79 Å². The van der Waals surface area contributed by atoms with Gasteiger partial charge in [-0.2, -0.15) is 4.31 Å². The predicted molar refractivity (Wildman–Crippen MR) is 133 cm³/mol. The summed E-state index contributed by atoms with van der Waals surface area (Å²) in [7, 11) is -6.88. The standard InChI is InChI=1S/C21H30N4O10S3/c1-3-22-18-12-24(9-6-10-33-2)38(31,32)20-17(18)11-19(36-20)37(29,30)23-21(26)34-13-15-7-4-5-8-16(15)14-35-25(27)28/h4-5,7-8,11,18,22,27-28H,3,6,9-10,12-14H2,1-2H3,(H,23,26)/t18-/m0/s1. The lowest BCUT2D eigenvalue weighted by molar-refractivity contribution is -0.497. The van der Waals surface area contributed by atoms with Gasteiger partial charge in [-0.1, -0.05) is 31.2 Å². The van der Waals surface area contributed by atoms with Crippen molar-refractivity contribution in [2.45, 2.75) is 41.0 Å². The van der Waals surface area contributed by atoms with Crippen molar-refractivity contribution in [3.05, 3.63) is 47.0 Å². The van der Waals surface area contributed by atoms with Gasteiger partial charge in [0.25, 0.3) is 20.0 Å². The summed E-state index contributed by atoms with van der Waals surface area (Å²) < 4.78 is 65.0. The molecule has 0 spiro atoms. The normalized spacial score (nSPS) is 17.3. The van der Waals surface area contributed by atoms with Crippen molar-refractivity contribution in [3.63, 3.8) is 0 Å². The minimum Gasteiger partial charge on any atom is -0.444 e. The van der Waals surface area contributed by atoms with Gasteiger partial charge in [0.15, 0.2) is 0 Å². The maximum atomic E-state index is 13.2. The van der Waals surface area contributed by atoms with Crippen LogP contribution in [0.25, 0.3) is 0 Å². The van der Waals surface area contributed by atoms with Gasteiger partial charge < -0.3 is 14.8 Å². The van der Waals surface area contributed by atoms with E-state index in [1.54, 1.807) is 29.0 Å². The quantitative estimate of drug-likeness (QED) is 0.194. The molecule has 1 aromatic heterocycles. The molecule has 1 aliphatic rings. The Hall–Kier alpha value is -2.19. The topological polar surface area (TPSA) is 184 Å². The smallest absolute Gasteiger partial charge is 0.421 e. The number of thiophene rings is 1. The van der Waals surface area contributed by atoms with Crippen LogP contribution in [0.3, 0.4) is 0 Å². The second kappa shape index (κ2) is 13.2. The van der Waals surface area contributed by atoms with Crippen LogP contribution in [0, 0.1) is 0 Å². The molecule has 1 atom stereocenters. The summed E-state index contributed by atoms with van der Waals surface area (Å²) in [5.41, 5.74) is 1.21. The second-order valence-electron chi connectivity index (χ2n) is 8.10. The van der Waals surface area contributed by atoms with E-state index in [4.69, 9.17) is 19.9 Å². The molecule has 0 bridgehead atoms. The zero-order valence-corrected chi connectivity index (χ0v) is 23.1. The Kier molecular flexibility index (Phi) is 10.6. The lowest BCUT2D eigenvalue weighted by Crippen LogP contribution is -2.43. The Labute approximate surface area is 224 Å². The highest BCUT2D eigenvalue weighted by molar-refractivity contribution is 7.94. The van der Waals surface area contributed by atoms with Crippen molar-refractivity contribution in [1.29, 1.82) is 0 Å². The molecule has 0 aliphatic carbocycles. The largest absolute Gasteiger partial charge is 0.444 e. The lowest BCUT2D eigenvalue weighted by atomic mass is 10.1. The van der Waals surface area contributed by atoms with Crippen LogP contribution in [-0.4, -0.2) is 76.4 Å². The van der Waals surface area contributed by atoms with Gasteiger partial charge in [-0.3, -0.25) is 10.4 Å². The number of carbonyl (C=O) groups is 1. The molecule has 0 saturated heterocycles. The minimum atomic E-state index is -4.45. The zero-order valence-electron chi connectivity index (χ0n) is 20.7. The number of nitrogens with one attached hydrogen (secondary N) is 2. The number of amides is 1. The molecule has 14 nitrogen and oxygen atoms in total. The third kappa shape index (κ3) is 7.47. The molecular formula is C21H30N4O10S3. The van der Waals surface area contributed by atoms with E-state index in [2.05, 4.69) is 10.2 Å². The molecule has 1 aromatic carbocycles. The fraction of sp³-hybridized carbons (Fsp3) is 0.476. The molecule has 4 N–H and O–H groups in total. The Morgan fingerprint density at radius 3 is 2.55 bits per heavy atom. The fourth-order valence-electron chi connectivity index (χ4n) is 3.78. The molecule has 0 radical (unpaired) electrons. The third-order valence-electron chi connectivity index (χ3n) is 5.54. The van der Waals surface area contributed by atoms with Crippen LogP contribution in [-0.2, 0) is 47.6 Å². The van der Waals surface area contributed by atoms with Crippen LogP contribution in [0.15, 0.2) is 38.8 Å². The first-order valence-electron chi connectivity index (χ1n) is 11.4. The fourth-order valence-corrected chi connectivity index (χ4v) is 8.55. The number of carbonyl (C=O) groups excluding carboxylic acids is 1. The molecule has 38 heavy (non-hydrogen) atoms. The molecule has 0 fully saturated rings. The Morgan fingerprint density at radius 2 is 1.92 bits per heavy atom. The number of fused-ring (bicyclic) bond motifs is 1. The number of sulfonamides is 2. The van der Waals surface area contributed by atoms with Crippen LogP contribution >= 0.6 is 11.3 Å². The predicted octanol–water partition coefficient (Wildman–Crippen LogP) is 1.57. The molecule has 0 saturated carbocycles. The number of methoxy groups -OCH3 is 1. The second-order valence-corrected chi connectivity index (χ2v) is 13.2. The van der Waals surface area contributed by atoms with Crippen LogP contribution in [0.1, 0.15) is 36.1 Å². The Balaban J connectivity index is 1.75. The molecule has 2 aromatic rings. The van der Waals surface area contributed by atoms with Crippen molar-refractivity contribution < 1.29 is 46.4 Å². The number of likely N-dealkylation sites (N-methyl/N-ethyl adjacent to an activating group) is 1. The summed E-state index contributed by atoms with van der Waals surface area (Å²) in [6.45, 7) is 2.51. The average Bonchev–Trinajstić information content (AvgIpc) is 3.33. The molecule has 2 heterocycles. The first kappa shape index (κ1) is 30.4. The first-order valence-corrected chi connectivity index (χ1v) is 15.2. The monoisotopic (exact) mass is 594 g/mol. The number of nitrogens with zero attached hydrogens (tertiary/aromatic N) is 2. The van der Waals surface area contributed by atoms with Crippen LogP contribution in [0.5, 0.6) is 0 Å². The van der Waals surface area contributed by atoms with E-state index in [9.17, 15) is 21.6 Å². The highest BCUT2D eigenvalue weighted by atomic mass is 32.3. The molecule has 1 aliphatic heterocycles. The third-order valence-corrected chi connectivity index (χ3v) is 10.9. The molecule has 212 valence electrons. The van der Waals surface area contributed by atoms with Crippen molar-refractivity contribution in [2.75, 3.05) is 33.4 Å². The highest BCUT2D eigenvalue weighted by Crippen LogP contribution is 2.40. The number of ether oxygens (including phenoxy) is 2. The molecule has 1 amide bonds. The number of rotatable bonds is 13. The number of benzene rings is 1. The van der Waals surface area contributed by atoms with Gasteiger partial charge in [-0.15, -0.1) is 11.3 Å². The first-order chi connectivity index (χ1) is 18.0. The summed E-state index contributed by atoms with van der Waals surface area (Å²) in [4.78, 5) is 16.9. The van der Waals surface area contributed by atoms with E-state index in [1.807, 2.05) is 6.92 Å². The van der Waals surface area contributed by atoms with E-state index in [0.717, 1.165) is 0 Å². The summed E-state index contributed by atoms with van der Waals surface area (Å²) in [5.74, 6) is 0.